The highest BCUT2D eigenvalue weighted by molar-refractivity contribution is 5.76. The molecule has 1 heterocycles. The van der Waals surface area contributed by atoms with E-state index in [1.807, 2.05) is 0 Å². The lowest BCUT2D eigenvalue weighted by Gasteiger charge is -2.26. The number of rotatable bonds is 4. The third-order valence-corrected chi connectivity index (χ3v) is 2.03. The molecule has 0 spiro atoms. The van der Waals surface area contributed by atoms with Gasteiger partial charge in [-0.15, -0.1) is 0 Å². The van der Waals surface area contributed by atoms with E-state index >= 15 is 0 Å². The molecule has 1 rings (SSSR count). The van der Waals surface area contributed by atoms with E-state index in [4.69, 9.17) is 0 Å². The molecule has 0 radical (unpaired) electrons. The molecule has 1 aliphatic heterocycles. The van der Waals surface area contributed by atoms with Gasteiger partial charge in [-0.2, -0.15) is 0 Å². The molecular weight excluding hydrogens is 156 g/mol. The number of nitrogens with zero attached hydrogens (tertiary/aromatic N) is 1. The van der Waals surface area contributed by atoms with Crippen molar-refractivity contribution in [3.05, 3.63) is 0 Å². The van der Waals surface area contributed by atoms with Crippen molar-refractivity contribution in [2.75, 3.05) is 19.6 Å². The smallest absolute Gasteiger partial charge is 0.222 e. The molecule has 0 unspecified atom stereocenters. The molecule has 0 bridgehead atoms. The zero-order chi connectivity index (χ0) is 8.81. The Hall–Kier alpha value is -1.06. The SMILES string of the molecule is O=CNCCN1CCCCC1=O. The van der Waals surface area contributed by atoms with Gasteiger partial charge in [0.2, 0.25) is 12.3 Å². The van der Waals surface area contributed by atoms with Gasteiger partial charge in [0.05, 0.1) is 0 Å². The van der Waals surface area contributed by atoms with Gasteiger partial charge in [0.25, 0.3) is 0 Å². The largest absolute Gasteiger partial charge is 0.357 e. The predicted octanol–water partition coefficient (Wildman–Crippen LogP) is -0.255. The first kappa shape index (κ1) is 9.03. The van der Waals surface area contributed by atoms with Crippen LogP contribution in [0.2, 0.25) is 0 Å². The van der Waals surface area contributed by atoms with E-state index in [0.29, 0.717) is 25.9 Å². The van der Waals surface area contributed by atoms with E-state index in [1.54, 1.807) is 4.90 Å². The van der Waals surface area contributed by atoms with Crippen molar-refractivity contribution < 1.29 is 9.59 Å². The molecular formula is C8H14N2O2. The Labute approximate surface area is 71.9 Å². The van der Waals surface area contributed by atoms with Crippen LogP contribution in [0.4, 0.5) is 0 Å². The fourth-order valence-corrected chi connectivity index (χ4v) is 1.36. The lowest BCUT2D eigenvalue weighted by atomic mass is 10.1. The number of carbonyl (C=O) groups is 2. The normalized spacial score (nSPS) is 17.7. The van der Waals surface area contributed by atoms with Crippen LogP contribution in [-0.2, 0) is 9.59 Å². The minimum Gasteiger partial charge on any atom is -0.357 e. The van der Waals surface area contributed by atoms with Gasteiger partial charge in [0.1, 0.15) is 0 Å². The van der Waals surface area contributed by atoms with Crippen molar-refractivity contribution >= 4 is 12.3 Å². The van der Waals surface area contributed by atoms with Crippen LogP contribution in [0.5, 0.6) is 0 Å². The molecule has 1 fully saturated rings. The maximum Gasteiger partial charge on any atom is 0.222 e. The third-order valence-electron chi connectivity index (χ3n) is 2.03. The summed E-state index contributed by atoms with van der Waals surface area (Å²) in [5.41, 5.74) is 0. The third kappa shape index (κ3) is 2.53. The number of piperidine rings is 1. The van der Waals surface area contributed by atoms with Crippen LogP contribution in [0.25, 0.3) is 0 Å². The lowest BCUT2D eigenvalue weighted by Crippen LogP contribution is -2.39. The van der Waals surface area contributed by atoms with E-state index in [0.717, 1.165) is 19.4 Å². The molecule has 12 heavy (non-hydrogen) atoms. The molecule has 1 saturated heterocycles. The Morgan fingerprint density at radius 2 is 2.33 bits per heavy atom. The molecule has 0 aliphatic carbocycles. The topological polar surface area (TPSA) is 49.4 Å². The molecule has 2 amide bonds. The van der Waals surface area contributed by atoms with Crippen molar-refractivity contribution in [1.29, 1.82) is 0 Å². The Kier molecular flexibility index (Phi) is 3.57. The fourth-order valence-electron chi connectivity index (χ4n) is 1.36. The minimum absolute atomic E-state index is 0.217. The number of amides is 2. The van der Waals surface area contributed by atoms with Crippen molar-refractivity contribution in [1.82, 2.24) is 10.2 Å². The highest BCUT2D eigenvalue weighted by Gasteiger charge is 2.16. The molecule has 0 aromatic rings. The molecule has 68 valence electrons. The molecule has 4 nitrogen and oxygen atoms in total. The first-order valence-corrected chi connectivity index (χ1v) is 4.29. The number of carbonyl (C=O) groups excluding carboxylic acids is 2. The summed E-state index contributed by atoms with van der Waals surface area (Å²) in [5.74, 6) is 0.217. The van der Waals surface area contributed by atoms with Crippen molar-refractivity contribution in [3.8, 4) is 0 Å². The van der Waals surface area contributed by atoms with Crippen LogP contribution in [0, 0.1) is 0 Å². The van der Waals surface area contributed by atoms with Crippen LogP contribution >= 0.6 is 0 Å². The van der Waals surface area contributed by atoms with E-state index in [-0.39, 0.29) is 5.91 Å². The number of hydrogen-bond acceptors (Lipinski definition) is 2. The summed E-state index contributed by atoms with van der Waals surface area (Å²) in [5, 5.41) is 2.54. The number of nitrogens with one attached hydrogen (secondary N) is 1. The van der Waals surface area contributed by atoms with Gasteiger partial charge in [-0.25, -0.2) is 0 Å². The van der Waals surface area contributed by atoms with E-state index in [9.17, 15) is 9.59 Å². The van der Waals surface area contributed by atoms with Gasteiger partial charge in [0.15, 0.2) is 0 Å². The monoisotopic (exact) mass is 170 g/mol. The van der Waals surface area contributed by atoms with Gasteiger partial charge in [-0.05, 0) is 12.8 Å². The minimum atomic E-state index is 0.217. The van der Waals surface area contributed by atoms with E-state index in [2.05, 4.69) is 5.32 Å². The van der Waals surface area contributed by atoms with Crippen molar-refractivity contribution in [3.63, 3.8) is 0 Å². The second-order valence-electron chi connectivity index (χ2n) is 2.91. The van der Waals surface area contributed by atoms with Crippen molar-refractivity contribution in [2.24, 2.45) is 0 Å². The maximum absolute atomic E-state index is 11.2. The molecule has 1 N–H and O–H groups in total. The maximum atomic E-state index is 11.2. The molecule has 0 atom stereocenters. The molecule has 0 aromatic carbocycles. The Morgan fingerprint density at radius 1 is 1.50 bits per heavy atom. The summed E-state index contributed by atoms with van der Waals surface area (Å²) in [6.07, 6.45) is 3.43. The van der Waals surface area contributed by atoms with Crippen LogP contribution in [0.15, 0.2) is 0 Å². The second-order valence-corrected chi connectivity index (χ2v) is 2.91. The molecule has 0 aromatic heterocycles. The van der Waals surface area contributed by atoms with Gasteiger partial charge in [-0.1, -0.05) is 0 Å². The van der Waals surface area contributed by atoms with E-state index in [1.165, 1.54) is 0 Å². The molecule has 0 saturated carbocycles. The average molecular weight is 170 g/mol. The first-order valence-electron chi connectivity index (χ1n) is 4.29. The van der Waals surface area contributed by atoms with E-state index < -0.39 is 0 Å². The summed E-state index contributed by atoms with van der Waals surface area (Å²) in [6.45, 7) is 2.06. The fraction of sp³-hybridized carbons (Fsp3) is 0.750. The summed E-state index contributed by atoms with van der Waals surface area (Å²) in [4.78, 5) is 22.9. The molecule has 4 heteroatoms. The quantitative estimate of drug-likeness (QED) is 0.467. The highest BCUT2D eigenvalue weighted by Crippen LogP contribution is 2.08. The average Bonchev–Trinajstić information content (AvgIpc) is 2.09. The van der Waals surface area contributed by atoms with Gasteiger partial charge in [-0.3, -0.25) is 9.59 Å². The van der Waals surface area contributed by atoms with Crippen LogP contribution in [0.3, 0.4) is 0 Å². The van der Waals surface area contributed by atoms with Crippen molar-refractivity contribution in [2.45, 2.75) is 19.3 Å². The second kappa shape index (κ2) is 4.74. The Morgan fingerprint density at radius 3 is 3.00 bits per heavy atom. The summed E-state index contributed by atoms with van der Waals surface area (Å²) >= 11 is 0. The summed E-state index contributed by atoms with van der Waals surface area (Å²) in [6, 6.07) is 0. The Balaban J connectivity index is 2.20. The van der Waals surface area contributed by atoms with Crippen LogP contribution in [0.1, 0.15) is 19.3 Å². The zero-order valence-corrected chi connectivity index (χ0v) is 7.08. The van der Waals surface area contributed by atoms with Gasteiger partial charge < -0.3 is 10.2 Å². The lowest BCUT2D eigenvalue weighted by molar-refractivity contribution is -0.133. The highest BCUT2D eigenvalue weighted by atomic mass is 16.2. The van der Waals surface area contributed by atoms with Crippen LogP contribution < -0.4 is 5.32 Å². The first-order chi connectivity index (χ1) is 5.84. The van der Waals surface area contributed by atoms with Gasteiger partial charge in [0, 0.05) is 26.1 Å². The number of hydrogen-bond donors (Lipinski definition) is 1. The zero-order valence-electron chi connectivity index (χ0n) is 7.08. The number of likely N-dealkylation sites (tertiary alicyclic amines) is 1. The molecule has 1 aliphatic rings. The van der Waals surface area contributed by atoms with Crippen LogP contribution in [-0.4, -0.2) is 36.9 Å². The van der Waals surface area contributed by atoms with Gasteiger partial charge >= 0.3 is 0 Å². The summed E-state index contributed by atoms with van der Waals surface area (Å²) in [7, 11) is 0. The Bertz CT molecular complexity index is 170. The predicted molar refractivity (Wildman–Crippen MR) is 44.5 cm³/mol. The summed E-state index contributed by atoms with van der Waals surface area (Å²) < 4.78 is 0. The standard InChI is InChI=1S/C8H14N2O2/c11-7-9-4-6-10-5-2-1-3-8(10)12/h7H,1-6H2,(H,9,11).